The zero-order valence-electron chi connectivity index (χ0n) is 20.0. The second kappa shape index (κ2) is 11.0. The number of rotatable bonds is 6. The first-order valence-corrected chi connectivity index (χ1v) is 13.2. The maximum absolute atomic E-state index is 11.0. The lowest BCUT2D eigenvalue weighted by molar-refractivity contribution is 0.253. The lowest BCUT2D eigenvalue weighted by Crippen LogP contribution is -2.46. The summed E-state index contributed by atoms with van der Waals surface area (Å²) in [7, 11) is 0. The molecule has 2 aliphatic heterocycles. The van der Waals surface area contributed by atoms with Crippen molar-refractivity contribution in [1.82, 2.24) is 4.90 Å². The summed E-state index contributed by atoms with van der Waals surface area (Å²) < 4.78 is 6.95. The summed E-state index contributed by atoms with van der Waals surface area (Å²) in [6.45, 7) is 7.06. The molecule has 2 aromatic carbocycles. The monoisotopic (exact) mass is 490 g/mol. The molecule has 1 aromatic heterocycles. The van der Waals surface area contributed by atoms with E-state index in [2.05, 4.69) is 44.2 Å². The highest BCUT2D eigenvalue weighted by molar-refractivity contribution is 7.22. The SMILES string of the molecule is NC(=O)Nc1cc2cc(C#[N+]CCCCN3CCN(c4ccc5c(c4)OCCC5)CC3)ccc2s1. The topological polar surface area (TPSA) is 75.2 Å². The molecule has 1 saturated heterocycles. The lowest BCUT2D eigenvalue weighted by atomic mass is 10.1. The van der Waals surface area contributed by atoms with Crippen LogP contribution in [0.3, 0.4) is 0 Å². The number of hydrogen-bond donors (Lipinski definition) is 2. The third kappa shape index (κ3) is 6.05. The van der Waals surface area contributed by atoms with Crippen molar-refractivity contribution >= 4 is 38.1 Å². The van der Waals surface area contributed by atoms with Gasteiger partial charge in [0.25, 0.3) is 6.54 Å². The Morgan fingerprint density at radius 3 is 2.86 bits per heavy atom. The second-order valence-corrected chi connectivity index (χ2v) is 10.2. The first-order chi connectivity index (χ1) is 17.1. The Kier molecular flexibility index (Phi) is 7.36. The van der Waals surface area contributed by atoms with Gasteiger partial charge < -0.3 is 15.4 Å². The summed E-state index contributed by atoms with van der Waals surface area (Å²) in [5.41, 5.74) is 8.78. The number of urea groups is 1. The number of piperazine rings is 1. The van der Waals surface area contributed by atoms with E-state index in [0.29, 0.717) is 0 Å². The van der Waals surface area contributed by atoms with Gasteiger partial charge in [0.15, 0.2) is 0 Å². The summed E-state index contributed by atoms with van der Waals surface area (Å²) in [5.74, 6) is 1.08. The third-order valence-electron chi connectivity index (χ3n) is 6.60. The quantitative estimate of drug-likeness (QED) is 0.477. The molecule has 1 fully saturated rings. The van der Waals surface area contributed by atoms with Gasteiger partial charge in [0.2, 0.25) is 0 Å². The van der Waals surface area contributed by atoms with E-state index in [0.717, 1.165) is 98.0 Å². The predicted molar refractivity (Wildman–Crippen MR) is 144 cm³/mol. The molecule has 2 aliphatic rings. The maximum Gasteiger partial charge on any atom is 0.317 e. The molecule has 35 heavy (non-hydrogen) atoms. The Bertz CT molecular complexity index is 1250. The van der Waals surface area contributed by atoms with E-state index in [1.807, 2.05) is 24.3 Å². The highest BCUT2D eigenvalue weighted by atomic mass is 32.1. The van der Waals surface area contributed by atoms with Gasteiger partial charge in [-0.3, -0.25) is 10.2 Å². The molecular weight excluding hydrogens is 458 g/mol. The van der Waals surface area contributed by atoms with E-state index in [1.54, 1.807) is 0 Å². The van der Waals surface area contributed by atoms with Crippen molar-refractivity contribution in [2.24, 2.45) is 5.73 Å². The Morgan fingerprint density at radius 2 is 2.00 bits per heavy atom. The second-order valence-electron chi connectivity index (χ2n) is 9.13. The number of fused-ring (bicyclic) bond motifs is 2. The van der Waals surface area contributed by atoms with Crippen LogP contribution >= 0.6 is 11.3 Å². The number of carbonyl (C=O) groups is 1. The zero-order chi connectivity index (χ0) is 24.0. The van der Waals surface area contributed by atoms with Crippen LogP contribution in [-0.4, -0.2) is 56.8 Å². The molecule has 0 atom stereocenters. The molecule has 5 rings (SSSR count). The van der Waals surface area contributed by atoms with Crippen molar-refractivity contribution < 1.29 is 9.53 Å². The summed E-state index contributed by atoms with van der Waals surface area (Å²) in [6.07, 6.45) is 4.45. The summed E-state index contributed by atoms with van der Waals surface area (Å²) >= 11 is 1.50. The highest BCUT2D eigenvalue weighted by Crippen LogP contribution is 2.31. The van der Waals surface area contributed by atoms with Crippen molar-refractivity contribution in [3.8, 4) is 11.8 Å². The van der Waals surface area contributed by atoms with E-state index in [-0.39, 0.29) is 0 Å². The number of aryl methyl sites for hydroxylation is 1. The van der Waals surface area contributed by atoms with E-state index in [4.69, 9.17) is 10.5 Å². The largest absolute Gasteiger partial charge is 0.493 e. The minimum atomic E-state index is -0.545. The average Bonchev–Trinajstić information content (AvgIpc) is 3.27. The van der Waals surface area contributed by atoms with Crippen LogP contribution < -0.4 is 20.7 Å². The Balaban J connectivity index is 1.03. The lowest BCUT2D eigenvalue weighted by Gasteiger charge is -2.36. The molecular formula is C27H32N5O2S+. The van der Waals surface area contributed by atoms with Crippen molar-refractivity contribution in [2.75, 3.05) is 56.1 Å². The smallest absolute Gasteiger partial charge is 0.317 e. The van der Waals surface area contributed by atoms with Crippen molar-refractivity contribution in [3.63, 3.8) is 0 Å². The number of nitrogens with one attached hydrogen (secondary N) is 1. The number of anilines is 2. The van der Waals surface area contributed by atoms with Gasteiger partial charge in [-0.05, 0) is 67.1 Å². The van der Waals surface area contributed by atoms with Gasteiger partial charge in [0.1, 0.15) is 11.3 Å². The van der Waals surface area contributed by atoms with Crippen LogP contribution in [0, 0.1) is 6.07 Å². The van der Waals surface area contributed by atoms with Crippen LogP contribution in [0.15, 0.2) is 42.5 Å². The first kappa shape index (κ1) is 23.5. The number of ether oxygens (including phenoxy) is 1. The fourth-order valence-corrected chi connectivity index (χ4v) is 5.67. The van der Waals surface area contributed by atoms with E-state index >= 15 is 0 Å². The van der Waals surface area contributed by atoms with Crippen LogP contribution in [0.2, 0.25) is 0 Å². The van der Waals surface area contributed by atoms with Gasteiger partial charge in [-0.1, -0.05) is 10.9 Å². The third-order valence-corrected chi connectivity index (χ3v) is 7.63. The minimum absolute atomic E-state index is 0.545. The molecule has 0 radical (unpaired) electrons. The highest BCUT2D eigenvalue weighted by Gasteiger charge is 2.19. The molecule has 0 bridgehead atoms. The van der Waals surface area contributed by atoms with Crippen LogP contribution in [0.4, 0.5) is 15.5 Å². The Hall–Kier alpha value is -3.28. The van der Waals surface area contributed by atoms with Crippen molar-refractivity contribution in [1.29, 1.82) is 0 Å². The standard InChI is InChI=1S/C27H31N5O2S/c28-27(33)30-26-17-22-16-20(5-8-25(22)35-26)19-29-9-1-2-10-31-11-13-32(14-12-31)23-7-6-21-4-3-15-34-24(21)18-23/h5-8,16-18H,1-4,9-15H2,(H2-,28,30,33)/p+1. The number of unbranched alkanes of at least 4 members (excludes halogenated alkanes) is 1. The maximum atomic E-state index is 11.0. The molecule has 7 nitrogen and oxygen atoms in total. The van der Waals surface area contributed by atoms with E-state index in [1.165, 1.54) is 22.6 Å². The van der Waals surface area contributed by atoms with Crippen LogP contribution in [0.1, 0.15) is 30.4 Å². The molecule has 2 amide bonds. The van der Waals surface area contributed by atoms with Gasteiger partial charge in [-0.25, -0.2) is 4.79 Å². The number of benzene rings is 2. The van der Waals surface area contributed by atoms with Gasteiger partial charge in [-0.2, -0.15) is 0 Å². The van der Waals surface area contributed by atoms with Crippen LogP contribution in [-0.2, 0) is 6.42 Å². The average molecular weight is 491 g/mol. The molecule has 3 heterocycles. The van der Waals surface area contributed by atoms with Crippen molar-refractivity contribution in [2.45, 2.75) is 25.7 Å². The minimum Gasteiger partial charge on any atom is -0.493 e. The molecule has 0 spiro atoms. The summed E-state index contributed by atoms with van der Waals surface area (Å²) in [4.78, 5) is 20.6. The first-order valence-electron chi connectivity index (χ1n) is 12.4. The molecule has 8 heteroatoms. The summed E-state index contributed by atoms with van der Waals surface area (Å²) in [5, 5.41) is 4.44. The molecule has 0 saturated carbocycles. The van der Waals surface area contributed by atoms with Gasteiger partial charge in [0, 0.05) is 49.1 Å². The number of carbonyl (C=O) groups excluding carboxylic acids is 1. The number of amides is 2. The molecule has 0 unspecified atom stereocenters. The van der Waals surface area contributed by atoms with Gasteiger partial charge >= 0.3 is 12.1 Å². The predicted octanol–water partition coefficient (Wildman–Crippen LogP) is 5.00. The Labute approximate surface area is 210 Å². The fourth-order valence-electron chi connectivity index (χ4n) is 4.72. The van der Waals surface area contributed by atoms with Crippen LogP contribution in [0.25, 0.3) is 14.9 Å². The van der Waals surface area contributed by atoms with Gasteiger partial charge in [0.05, 0.1) is 11.6 Å². The number of primary amides is 1. The number of nitrogens with two attached hydrogens (primary N) is 1. The number of thiophene rings is 1. The molecule has 3 N–H and O–H groups in total. The zero-order valence-corrected chi connectivity index (χ0v) is 20.8. The molecule has 3 aromatic rings. The Morgan fingerprint density at radius 1 is 1.11 bits per heavy atom. The molecule has 0 aliphatic carbocycles. The number of hydrogen-bond acceptors (Lipinski definition) is 5. The molecule has 182 valence electrons. The van der Waals surface area contributed by atoms with Crippen LogP contribution in [0.5, 0.6) is 5.75 Å². The summed E-state index contributed by atoms with van der Waals surface area (Å²) in [6, 6.07) is 17.3. The van der Waals surface area contributed by atoms with Gasteiger partial charge in [-0.15, -0.1) is 11.3 Å². The normalized spacial score (nSPS) is 15.7. The van der Waals surface area contributed by atoms with E-state index < -0.39 is 6.03 Å². The van der Waals surface area contributed by atoms with E-state index in [9.17, 15) is 4.79 Å². The fraction of sp³-hybridized carbons (Fsp3) is 0.407. The number of nitrogens with zero attached hydrogens (tertiary/aromatic N) is 3. The van der Waals surface area contributed by atoms with Crippen molar-refractivity contribution in [3.05, 3.63) is 58.4 Å².